The molecule has 1 radical (unpaired) electrons. The Morgan fingerprint density at radius 3 is 1.48 bits per heavy atom. The Morgan fingerprint density at radius 2 is 0.978 bits per heavy atom. The highest BCUT2D eigenvalue weighted by Crippen LogP contribution is 2.27. The number of hydrogen-bond acceptors (Lipinski definition) is 6. The lowest BCUT2D eigenvalue weighted by Crippen LogP contribution is -3.85. The normalized spacial score (nSPS) is 12.9. The Labute approximate surface area is 281 Å². The molecule has 0 aliphatic rings. The zero-order chi connectivity index (χ0) is 33.5. The topological polar surface area (TPSA) is 86.7 Å². The van der Waals surface area contributed by atoms with Gasteiger partial charge in [-0.1, -0.05) is 95.6 Å². The quantitative estimate of drug-likeness (QED) is 0.153. The minimum absolute atomic E-state index is 0.0286. The van der Waals surface area contributed by atoms with E-state index in [1.54, 1.807) is 36.4 Å². The second-order valence-electron chi connectivity index (χ2n) is 13.3. The molecule has 0 unspecified atom stereocenters. The van der Waals surface area contributed by atoms with Crippen molar-refractivity contribution in [3.8, 4) is 5.75 Å². The lowest BCUT2D eigenvalue weighted by molar-refractivity contribution is -1.03. The fraction of sp³-hybridized carbons (Fsp3) is 0.243. The molecular formula is C37H39IO6S2+. The Hall–Kier alpha value is -3.25. The van der Waals surface area contributed by atoms with E-state index in [2.05, 4.69) is 41.5 Å². The minimum Gasteiger partial charge on any atom is -0.379 e. The fourth-order valence-corrected chi connectivity index (χ4v) is 12.6. The van der Waals surface area contributed by atoms with E-state index < -0.39 is 40.5 Å². The zero-order valence-electron chi connectivity index (χ0n) is 27.0. The lowest BCUT2D eigenvalue weighted by Gasteiger charge is -2.19. The molecule has 0 aliphatic carbocycles. The smallest absolute Gasteiger partial charge is 0.339 e. The first kappa shape index (κ1) is 34.1. The molecule has 0 fully saturated rings. The maximum absolute atomic E-state index is 13.8. The molecule has 0 aromatic heterocycles. The van der Waals surface area contributed by atoms with E-state index in [4.69, 9.17) is 6.70 Å². The Bertz CT molecular complexity index is 2020. The Morgan fingerprint density at radius 1 is 0.522 bits per heavy atom. The third kappa shape index (κ3) is 7.82. The number of aryl methyl sites for hydroxylation is 1. The third-order valence-electron chi connectivity index (χ3n) is 7.55. The first-order chi connectivity index (χ1) is 21.4. The molecule has 0 saturated heterocycles. The van der Waals surface area contributed by atoms with Crippen LogP contribution in [0.3, 0.4) is 0 Å². The molecule has 0 N–H and O–H groups in total. The van der Waals surface area contributed by atoms with Crippen LogP contribution in [0.25, 0.3) is 10.8 Å². The van der Waals surface area contributed by atoms with Crippen molar-refractivity contribution in [1.82, 2.24) is 0 Å². The van der Waals surface area contributed by atoms with Gasteiger partial charge >= 0.3 is 40.5 Å². The summed E-state index contributed by atoms with van der Waals surface area (Å²) < 4.78 is 66.6. The standard InChI is InChI=1S/C37H39IO6S2/c1-26-8-21-34(22-9-26)45(39,40)43-33-20-10-28-25-35(23-11-27(28)24-33)46(41,42)44-38(31-16-12-29(13-17-31)36(2,3)4)32-18-14-30(15-19-32)37(5,6)7/h8-25H,1-7H3/q+1. The van der Waals surface area contributed by atoms with Crippen LogP contribution in [0.15, 0.2) is 119 Å². The van der Waals surface area contributed by atoms with Crippen LogP contribution in [0.2, 0.25) is 0 Å². The maximum atomic E-state index is 13.8. The van der Waals surface area contributed by atoms with Crippen molar-refractivity contribution >= 4 is 31.0 Å². The molecular weight excluding hydrogens is 731 g/mol. The summed E-state index contributed by atoms with van der Waals surface area (Å²) in [5.74, 6) is 0.130. The number of hydrogen-bond donors (Lipinski definition) is 0. The van der Waals surface area contributed by atoms with Crippen LogP contribution in [0.4, 0.5) is 0 Å². The first-order valence-corrected chi connectivity index (χ1v) is 20.7. The van der Waals surface area contributed by atoms with Gasteiger partial charge in [-0.25, -0.2) is 0 Å². The average Bonchev–Trinajstić information content (AvgIpc) is 2.99. The summed E-state index contributed by atoms with van der Waals surface area (Å²) in [5, 5.41) is 1.23. The van der Waals surface area contributed by atoms with E-state index in [9.17, 15) is 16.8 Å². The van der Waals surface area contributed by atoms with Gasteiger partial charge in [-0.15, -0.1) is 0 Å². The van der Waals surface area contributed by atoms with E-state index >= 15 is 0 Å². The van der Waals surface area contributed by atoms with Crippen LogP contribution in [0.1, 0.15) is 58.2 Å². The lowest BCUT2D eigenvalue weighted by atomic mass is 9.87. The van der Waals surface area contributed by atoms with E-state index in [0.29, 0.717) is 10.8 Å². The molecule has 0 atom stereocenters. The average molecular weight is 771 g/mol. The summed E-state index contributed by atoms with van der Waals surface area (Å²) in [7, 11) is -8.19. The third-order valence-corrected chi connectivity index (χ3v) is 16.1. The van der Waals surface area contributed by atoms with Crippen LogP contribution in [0.5, 0.6) is 5.75 Å². The summed E-state index contributed by atoms with van der Waals surface area (Å²) in [6.07, 6.45) is 0. The molecule has 5 aromatic carbocycles. The molecule has 5 aromatic rings. The fourth-order valence-electron chi connectivity index (χ4n) is 4.74. The van der Waals surface area contributed by atoms with Gasteiger partial charge in [0.05, 0.1) is 4.90 Å². The molecule has 6 nitrogen and oxygen atoms in total. The van der Waals surface area contributed by atoms with Crippen molar-refractivity contribution in [3.05, 3.63) is 133 Å². The highest BCUT2D eigenvalue weighted by Gasteiger charge is 2.38. The predicted molar refractivity (Wildman–Crippen MR) is 179 cm³/mol. The van der Waals surface area contributed by atoms with E-state index in [0.717, 1.165) is 23.8 Å². The molecule has 46 heavy (non-hydrogen) atoms. The molecule has 0 spiro atoms. The van der Waals surface area contributed by atoms with E-state index in [1.807, 2.05) is 55.5 Å². The van der Waals surface area contributed by atoms with Gasteiger partial charge in [-0.05, 0) is 103 Å². The number of fused-ring (bicyclic) bond motifs is 1. The molecule has 0 saturated carbocycles. The number of halogens is 1. The van der Waals surface area contributed by atoms with Crippen molar-refractivity contribution in [1.29, 1.82) is 0 Å². The molecule has 9 heteroatoms. The SMILES string of the molecule is Cc1ccc(S(=O)(=O)Oc2ccc3cc(S(=O)(=O)O[I+](c4ccc(C(C)(C)C)cc4)c4ccc(C(C)(C)C)cc4)ccc3c2)cc1. The van der Waals surface area contributed by atoms with Crippen molar-refractivity contribution in [2.24, 2.45) is 0 Å². The summed E-state index contributed by atoms with van der Waals surface area (Å²) in [6.45, 7) is 14.7. The maximum Gasteiger partial charge on any atom is 0.339 e. The monoisotopic (exact) mass is 770 g/mol. The largest absolute Gasteiger partial charge is 0.379 e. The van der Waals surface area contributed by atoms with Gasteiger partial charge in [0.25, 0.3) is 0 Å². The summed E-state index contributed by atoms with van der Waals surface area (Å²) in [6, 6.07) is 32.0. The number of rotatable bonds is 8. The van der Waals surface area contributed by atoms with Crippen LogP contribution < -0.4 is 24.4 Å². The van der Waals surface area contributed by atoms with Crippen LogP contribution >= 0.6 is 0 Å². The minimum atomic E-state index is -4.16. The van der Waals surface area contributed by atoms with Gasteiger partial charge in [-0.3, -0.25) is 0 Å². The van der Waals surface area contributed by atoms with Gasteiger partial charge in [-0.2, -0.15) is 16.8 Å². The second-order valence-corrected chi connectivity index (χ2v) is 21.3. The molecule has 0 aliphatic heterocycles. The van der Waals surface area contributed by atoms with Gasteiger partial charge < -0.3 is 4.18 Å². The highest BCUT2D eigenvalue weighted by atomic mass is 127. The van der Waals surface area contributed by atoms with Crippen molar-refractivity contribution < 1.29 is 43.8 Å². The second kappa shape index (κ2) is 12.7. The van der Waals surface area contributed by atoms with Crippen LogP contribution in [-0.4, -0.2) is 16.8 Å². The Kier molecular flexibility index (Phi) is 9.45. The highest BCUT2D eigenvalue weighted by molar-refractivity contribution is 7.87. The van der Waals surface area contributed by atoms with Crippen LogP contribution in [0, 0.1) is 14.1 Å². The summed E-state index contributed by atoms with van der Waals surface area (Å²) in [5.41, 5.74) is 3.16. The molecule has 0 bridgehead atoms. The molecule has 0 amide bonds. The van der Waals surface area contributed by atoms with Gasteiger partial charge in [0.15, 0.2) is 7.14 Å². The summed E-state index contributed by atoms with van der Waals surface area (Å²) in [4.78, 5) is 0.0815. The Balaban J connectivity index is 1.45. The van der Waals surface area contributed by atoms with Gasteiger partial charge in [0.1, 0.15) is 10.6 Å². The zero-order valence-corrected chi connectivity index (χ0v) is 30.8. The van der Waals surface area contributed by atoms with Crippen LogP contribution in [-0.2, 0) is 33.6 Å². The first-order valence-electron chi connectivity index (χ1n) is 14.8. The molecule has 0 heterocycles. The van der Waals surface area contributed by atoms with Crippen molar-refractivity contribution in [3.63, 3.8) is 0 Å². The van der Waals surface area contributed by atoms with E-state index in [-0.39, 0.29) is 26.4 Å². The summed E-state index contributed by atoms with van der Waals surface area (Å²) >= 11 is -2.93. The van der Waals surface area contributed by atoms with E-state index in [1.165, 1.54) is 24.3 Å². The molecule has 5 rings (SSSR count). The number of benzene rings is 5. The predicted octanol–water partition coefficient (Wildman–Crippen LogP) is 5.50. The molecule has 241 valence electrons. The van der Waals surface area contributed by atoms with Crippen molar-refractivity contribution in [2.75, 3.05) is 0 Å². The van der Waals surface area contributed by atoms with Crippen molar-refractivity contribution in [2.45, 2.75) is 69.1 Å². The van der Waals surface area contributed by atoms with Gasteiger partial charge in [0, 0.05) is 0 Å². The van der Waals surface area contributed by atoms with Gasteiger partial charge in [0.2, 0.25) is 0 Å².